The fourth-order valence-electron chi connectivity index (χ4n) is 4.61. The molecule has 3 rings (SSSR count). The minimum Gasteiger partial charge on any atom is -0.358 e. The van der Waals surface area contributed by atoms with Crippen LogP contribution in [0.15, 0.2) is 0 Å². The van der Waals surface area contributed by atoms with Gasteiger partial charge in [0.15, 0.2) is 0 Å². The average Bonchev–Trinajstić information content (AvgIpc) is 2.96. The van der Waals surface area contributed by atoms with Crippen LogP contribution in [0.5, 0.6) is 0 Å². The van der Waals surface area contributed by atoms with Gasteiger partial charge in [0.1, 0.15) is 0 Å². The molecule has 3 aliphatic carbocycles. The van der Waals surface area contributed by atoms with E-state index in [0.717, 1.165) is 23.7 Å². The number of rotatable bonds is 3. The zero-order valence-electron chi connectivity index (χ0n) is 10.0. The van der Waals surface area contributed by atoms with Crippen LogP contribution in [0.25, 0.3) is 0 Å². The van der Waals surface area contributed by atoms with E-state index in [-0.39, 0.29) is 5.91 Å². The largest absolute Gasteiger partial charge is 0.358 e. The lowest BCUT2D eigenvalue weighted by molar-refractivity contribution is -0.120. The summed E-state index contributed by atoms with van der Waals surface area (Å²) in [7, 11) is 1.71. The highest BCUT2D eigenvalue weighted by Crippen LogP contribution is 2.58. The van der Waals surface area contributed by atoms with E-state index in [1.54, 1.807) is 7.05 Å². The summed E-state index contributed by atoms with van der Waals surface area (Å²) < 4.78 is 0. The fourth-order valence-corrected chi connectivity index (χ4v) is 4.61. The Morgan fingerprint density at radius 3 is 2.81 bits per heavy atom. The fraction of sp³-hybridized carbons (Fsp3) is 0.923. The van der Waals surface area contributed by atoms with E-state index in [4.69, 9.17) is 0 Å². The quantitative estimate of drug-likeness (QED) is 0.752. The van der Waals surface area contributed by atoms with E-state index in [1.807, 2.05) is 0 Å². The summed E-state index contributed by atoms with van der Waals surface area (Å²) in [4.78, 5) is 11.2. The molecule has 0 radical (unpaired) electrons. The van der Waals surface area contributed by atoms with Crippen molar-refractivity contribution in [3.63, 3.8) is 0 Å². The molecule has 5 unspecified atom stereocenters. The highest BCUT2D eigenvalue weighted by molar-refractivity contribution is 5.77. The van der Waals surface area contributed by atoms with Gasteiger partial charge in [-0.15, -0.1) is 0 Å². The van der Waals surface area contributed by atoms with Crippen LogP contribution in [-0.4, -0.2) is 25.5 Å². The summed E-state index contributed by atoms with van der Waals surface area (Å²) in [6.07, 6.45) is 7.13. The predicted molar refractivity (Wildman–Crippen MR) is 62.9 cm³/mol. The Bertz CT molecular complexity index is 292. The van der Waals surface area contributed by atoms with E-state index < -0.39 is 0 Å². The Labute approximate surface area is 97.4 Å². The van der Waals surface area contributed by atoms with Crippen LogP contribution in [0.1, 0.15) is 32.1 Å². The van der Waals surface area contributed by atoms with Gasteiger partial charge < -0.3 is 10.6 Å². The van der Waals surface area contributed by atoms with Gasteiger partial charge in [0.2, 0.25) is 5.91 Å². The molecular formula is C13H22N2O. The SMILES string of the molecule is CNC(=O)CNC1CC2CC1C1CCCC21. The van der Waals surface area contributed by atoms with Crippen LogP contribution in [0.3, 0.4) is 0 Å². The molecule has 0 aromatic heterocycles. The Morgan fingerprint density at radius 1 is 1.19 bits per heavy atom. The van der Waals surface area contributed by atoms with Crippen molar-refractivity contribution in [2.24, 2.45) is 23.7 Å². The second-order valence-corrected chi connectivity index (χ2v) is 5.81. The Morgan fingerprint density at radius 2 is 2.00 bits per heavy atom. The number of hydrogen-bond donors (Lipinski definition) is 2. The van der Waals surface area contributed by atoms with Crippen LogP contribution in [0, 0.1) is 23.7 Å². The molecule has 16 heavy (non-hydrogen) atoms. The smallest absolute Gasteiger partial charge is 0.233 e. The molecule has 3 saturated carbocycles. The Hall–Kier alpha value is -0.570. The van der Waals surface area contributed by atoms with Crippen molar-refractivity contribution in [3.8, 4) is 0 Å². The molecule has 2 N–H and O–H groups in total. The predicted octanol–water partition coefficient (Wildman–Crippen LogP) is 1.15. The third kappa shape index (κ3) is 1.56. The van der Waals surface area contributed by atoms with Crippen molar-refractivity contribution >= 4 is 5.91 Å². The van der Waals surface area contributed by atoms with E-state index in [0.29, 0.717) is 12.6 Å². The minimum absolute atomic E-state index is 0.116. The second kappa shape index (κ2) is 4.02. The maximum absolute atomic E-state index is 11.2. The summed E-state index contributed by atoms with van der Waals surface area (Å²) in [5.74, 6) is 4.00. The molecule has 3 heteroatoms. The third-order valence-electron chi connectivity index (χ3n) is 5.23. The Kier molecular flexibility index (Phi) is 2.66. The summed E-state index contributed by atoms with van der Waals surface area (Å²) in [5.41, 5.74) is 0. The molecule has 3 aliphatic rings. The molecule has 1 amide bonds. The molecule has 0 saturated heterocycles. The van der Waals surface area contributed by atoms with Crippen LogP contribution in [0.2, 0.25) is 0 Å². The number of hydrogen-bond acceptors (Lipinski definition) is 2. The standard InChI is InChI=1S/C13H22N2O/c1-14-13(16)7-15-12-6-8-5-11(12)10-4-2-3-9(8)10/h8-12,15H,2-7H2,1H3,(H,14,16). The molecule has 0 aliphatic heterocycles. The van der Waals surface area contributed by atoms with E-state index >= 15 is 0 Å². The van der Waals surface area contributed by atoms with Crippen molar-refractivity contribution in [1.29, 1.82) is 0 Å². The summed E-state index contributed by atoms with van der Waals surface area (Å²) in [6.45, 7) is 0.502. The van der Waals surface area contributed by atoms with Crippen LogP contribution < -0.4 is 10.6 Å². The number of carbonyl (C=O) groups excluding carboxylic acids is 1. The van der Waals surface area contributed by atoms with Crippen LogP contribution >= 0.6 is 0 Å². The molecule has 0 aromatic rings. The van der Waals surface area contributed by atoms with Gasteiger partial charge in [-0.2, -0.15) is 0 Å². The molecule has 2 bridgehead atoms. The van der Waals surface area contributed by atoms with Gasteiger partial charge in [-0.25, -0.2) is 0 Å². The zero-order chi connectivity index (χ0) is 11.1. The van der Waals surface area contributed by atoms with Gasteiger partial charge in [0, 0.05) is 13.1 Å². The first-order chi connectivity index (χ1) is 7.79. The molecule has 0 spiro atoms. The highest BCUT2D eigenvalue weighted by atomic mass is 16.1. The van der Waals surface area contributed by atoms with Crippen molar-refractivity contribution in [3.05, 3.63) is 0 Å². The third-order valence-corrected chi connectivity index (χ3v) is 5.23. The number of carbonyl (C=O) groups is 1. The minimum atomic E-state index is 0.116. The first-order valence-electron chi connectivity index (χ1n) is 6.73. The second-order valence-electron chi connectivity index (χ2n) is 5.81. The molecule has 5 atom stereocenters. The van der Waals surface area contributed by atoms with Gasteiger partial charge in [0.05, 0.1) is 6.54 Å². The summed E-state index contributed by atoms with van der Waals surface area (Å²) in [5, 5.41) is 6.14. The lowest BCUT2D eigenvalue weighted by Crippen LogP contribution is -2.43. The summed E-state index contributed by atoms with van der Waals surface area (Å²) >= 11 is 0. The number of likely N-dealkylation sites (N-methyl/N-ethyl adjacent to an activating group) is 1. The molecular weight excluding hydrogens is 200 g/mol. The van der Waals surface area contributed by atoms with Gasteiger partial charge >= 0.3 is 0 Å². The lowest BCUT2D eigenvalue weighted by atomic mass is 9.79. The van der Waals surface area contributed by atoms with Gasteiger partial charge in [-0.1, -0.05) is 6.42 Å². The molecule has 3 nitrogen and oxygen atoms in total. The molecule has 0 heterocycles. The lowest BCUT2D eigenvalue weighted by Gasteiger charge is -2.32. The van der Waals surface area contributed by atoms with E-state index in [9.17, 15) is 4.79 Å². The van der Waals surface area contributed by atoms with Crippen molar-refractivity contribution in [2.75, 3.05) is 13.6 Å². The summed E-state index contributed by atoms with van der Waals surface area (Å²) in [6, 6.07) is 0.627. The average molecular weight is 222 g/mol. The van der Waals surface area contributed by atoms with Crippen molar-refractivity contribution in [1.82, 2.24) is 10.6 Å². The van der Waals surface area contributed by atoms with Gasteiger partial charge in [-0.3, -0.25) is 4.79 Å². The van der Waals surface area contributed by atoms with Gasteiger partial charge in [0.25, 0.3) is 0 Å². The van der Waals surface area contributed by atoms with Crippen molar-refractivity contribution in [2.45, 2.75) is 38.1 Å². The number of nitrogens with one attached hydrogen (secondary N) is 2. The first-order valence-corrected chi connectivity index (χ1v) is 6.73. The zero-order valence-corrected chi connectivity index (χ0v) is 10.0. The van der Waals surface area contributed by atoms with E-state index in [1.165, 1.54) is 32.1 Å². The van der Waals surface area contributed by atoms with E-state index in [2.05, 4.69) is 10.6 Å². The topological polar surface area (TPSA) is 41.1 Å². The first kappa shape index (κ1) is 10.6. The monoisotopic (exact) mass is 222 g/mol. The van der Waals surface area contributed by atoms with Gasteiger partial charge in [-0.05, 0) is 49.4 Å². The maximum Gasteiger partial charge on any atom is 0.233 e. The number of amides is 1. The molecule has 90 valence electrons. The highest BCUT2D eigenvalue weighted by Gasteiger charge is 2.53. The van der Waals surface area contributed by atoms with Crippen LogP contribution in [-0.2, 0) is 4.79 Å². The molecule has 0 aromatic carbocycles. The van der Waals surface area contributed by atoms with Crippen LogP contribution in [0.4, 0.5) is 0 Å². The normalized spacial score (nSPS) is 44.7. The maximum atomic E-state index is 11.2. The van der Waals surface area contributed by atoms with Crippen molar-refractivity contribution < 1.29 is 4.79 Å². The molecule has 3 fully saturated rings. The Balaban J connectivity index is 1.57. The number of fused-ring (bicyclic) bond motifs is 5.